The van der Waals surface area contributed by atoms with Crippen LogP contribution in [-0.4, -0.2) is 29.2 Å². The maximum Gasteiger partial charge on any atom is 0.416 e. The van der Waals surface area contributed by atoms with Gasteiger partial charge in [-0.15, -0.1) is 0 Å². The summed E-state index contributed by atoms with van der Waals surface area (Å²) in [5.41, 5.74) is 5.28. The molecular formula is C12H12F5N3O. The molecule has 0 bridgehead atoms. The summed E-state index contributed by atoms with van der Waals surface area (Å²) in [5, 5.41) is 0. The molecular weight excluding hydrogens is 297 g/mol. The average molecular weight is 309 g/mol. The zero-order valence-electron chi connectivity index (χ0n) is 10.7. The number of alkyl halides is 5. The highest BCUT2D eigenvalue weighted by Crippen LogP contribution is 2.31. The highest BCUT2D eigenvalue weighted by atomic mass is 19.4. The quantitative estimate of drug-likeness (QED) is 0.682. The first-order chi connectivity index (χ1) is 9.79. The third-order valence-corrected chi connectivity index (χ3v) is 2.81. The fraction of sp³-hybridized carbons (Fsp3) is 0.417. The van der Waals surface area contributed by atoms with Crippen LogP contribution in [0.25, 0.3) is 11.0 Å². The van der Waals surface area contributed by atoms with Gasteiger partial charge in [0.15, 0.2) is 0 Å². The largest absolute Gasteiger partial charge is 0.416 e. The van der Waals surface area contributed by atoms with Crippen LogP contribution >= 0.6 is 0 Å². The van der Waals surface area contributed by atoms with Crippen LogP contribution < -0.4 is 5.73 Å². The van der Waals surface area contributed by atoms with Crippen molar-refractivity contribution in [3.63, 3.8) is 0 Å². The highest BCUT2D eigenvalue weighted by molar-refractivity contribution is 5.79. The molecule has 0 aliphatic heterocycles. The Morgan fingerprint density at radius 2 is 2.00 bits per heavy atom. The first-order valence-corrected chi connectivity index (χ1v) is 5.98. The van der Waals surface area contributed by atoms with Crippen LogP contribution in [-0.2, 0) is 17.5 Å². The molecule has 0 saturated carbocycles. The molecule has 0 amide bonds. The van der Waals surface area contributed by atoms with Crippen LogP contribution in [0.2, 0.25) is 0 Å². The van der Waals surface area contributed by atoms with Gasteiger partial charge in [0.25, 0.3) is 6.43 Å². The number of nitrogen functional groups attached to an aromatic ring is 1. The number of aromatic nitrogens is 2. The lowest BCUT2D eigenvalue weighted by atomic mass is 10.2. The van der Waals surface area contributed by atoms with Crippen LogP contribution in [0.1, 0.15) is 5.56 Å². The van der Waals surface area contributed by atoms with Crippen molar-refractivity contribution in [3.05, 3.63) is 23.8 Å². The zero-order valence-corrected chi connectivity index (χ0v) is 10.7. The van der Waals surface area contributed by atoms with Crippen molar-refractivity contribution in [2.24, 2.45) is 0 Å². The van der Waals surface area contributed by atoms with Gasteiger partial charge < -0.3 is 15.0 Å². The number of benzene rings is 1. The minimum atomic E-state index is -4.47. The van der Waals surface area contributed by atoms with Crippen molar-refractivity contribution in [3.8, 4) is 0 Å². The van der Waals surface area contributed by atoms with Crippen LogP contribution in [0.3, 0.4) is 0 Å². The van der Waals surface area contributed by atoms with E-state index in [-0.39, 0.29) is 24.6 Å². The molecule has 2 rings (SSSR count). The fourth-order valence-corrected chi connectivity index (χ4v) is 1.89. The number of rotatable bonds is 5. The molecule has 2 aromatic rings. The number of ether oxygens (including phenoxy) is 1. The van der Waals surface area contributed by atoms with E-state index in [0.717, 1.165) is 12.1 Å². The highest BCUT2D eigenvalue weighted by Gasteiger charge is 2.31. The number of hydrogen-bond donors (Lipinski definition) is 1. The summed E-state index contributed by atoms with van der Waals surface area (Å²) < 4.78 is 67.7. The Morgan fingerprint density at radius 1 is 1.29 bits per heavy atom. The molecule has 4 nitrogen and oxygen atoms in total. The minimum absolute atomic E-state index is 0.00460. The average Bonchev–Trinajstić information content (AvgIpc) is 2.68. The van der Waals surface area contributed by atoms with Gasteiger partial charge in [0.05, 0.1) is 23.2 Å². The van der Waals surface area contributed by atoms with Crippen molar-refractivity contribution in [1.29, 1.82) is 0 Å². The lowest BCUT2D eigenvalue weighted by Crippen LogP contribution is -2.12. The molecule has 9 heteroatoms. The second-order valence-corrected chi connectivity index (χ2v) is 4.29. The Kier molecular flexibility index (Phi) is 4.31. The summed E-state index contributed by atoms with van der Waals surface area (Å²) in [6.45, 7) is -0.619. The maximum absolute atomic E-state index is 12.6. The summed E-state index contributed by atoms with van der Waals surface area (Å²) in [6, 6.07) is 3.05. The van der Waals surface area contributed by atoms with Gasteiger partial charge in [-0.3, -0.25) is 0 Å². The second kappa shape index (κ2) is 5.84. The molecule has 0 atom stereocenters. The number of anilines is 1. The number of imidazole rings is 1. The smallest absolute Gasteiger partial charge is 0.374 e. The molecule has 116 valence electrons. The zero-order chi connectivity index (χ0) is 15.6. The molecule has 1 aromatic heterocycles. The lowest BCUT2D eigenvalue weighted by Gasteiger charge is -2.08. The van der Waals surface area contributed by atoms with Crippen molar-refractivity contribution >= 4 is 17.0 Å². The molecule has 0 unspecified atom stereocenters. The summed E-state index contributed by atoms with van der Waals surface area (Å²) in [4.78, 5) is 3.84. The van der Waals surface area contributed by atoms with E-state index >= 15 is 0 Å². The van der Waals surface area contributed by atoms with Gasteiger partial charge in [-0.25, -0.2) is 13.8 Å². The first-order valence-electron chi connectivity index (χ1n) is 5.98. The Morgan fingerprint density at radius 3 is 2.62 bits per heavy atom. The minimum Gasteiger partial charge on any atom is -0.374 e. The second-order valence-electron chi connectivity index (χ2n) is 4.29. The van der Waals surface area contributed by atoms with Crippen LogP contribution in [0.5, 0.6) is 0 Å². The number of halogens is 5. The predicted octanol–water partition coefficient (Wildman–Crippen LogP) is 2.92. The molecule has 0 aliphatic rings. The Hall–Kier alpha value is -1.90. The summed E-state index contributed by atoms with van der Waals surface area (Å²) in [7, 11) is 0. The van der Waals surface area contributed by atoms with Crippen LogP contribution in [0.4, 0.5) is 27.9 Å². The number of nitrogens with zero attached hydrogens (tertiary/aromatic N) is 2. The van der Waals surface area contributed by atoms with E-state index in [0.29, 0.717) is 5.52 Å². The van der Waals surface area contributed by atoms with Crippen molar-refractivity contribution < 1.29 is 26.7 Å². The number of nitrogens with two attached hydrogens (primary N) is 1. The van der Waals surface area contributed by atoms with E-state index in [4.69, 9.17) is 10.5 Å². The van der Waals surface area contributed by atoms with Gasteiger partial charge in [-0.1, -0.05) is 0 Å². The Balaban J connectivity index is 2.19. The molecule has 0 aliphatic carbocycles. The number of hydrogen-bond acceptors (Lipinski definition) is 3. The van der Waals surface area contributed by atoms with Gasteiger partial charge in [0.1, 0.15) is 6.61 Å². The SMILES string of the molecule is Nc1nc2cc(C(F)(F)F)ccc2n1CCOCC(F)F. The predicted molar refractivity (Wildman–Crippen MR) is 66.0 cm³/mol. The van der Waals surface area contributed by atoms with Gasteiger partial charge in [-0.2, -0.15) is 13.2 Å². The summed E-state index contributed by atoms with van der Waals surface area (Å²) >= 11 is 0. The van der Waals surface area contributed by atoms with E-state index in [1.807, 2.05) is 0 Å². The van der Waals surface area contributed by atoms with E-state index in [1.165, 1.54) is 10.6 Å². The summed E-state index contributed by atoms with van der Waals surface area (Å²) in [5.74, 6) is 0.00460. The van der Waals surface area contributed by atoms with Gasteiger partial charge in [0, 0.05) is 6.54 Å². The molecule has 2 N–H and O–H groups in total. The van der Waals surface area contributed by atoms with E-state index < -0.39 is 24.8 Å². The Labute approximate surface area is 116 Å². The third-order valence-electron chi connectivity index (χ3n) is 2.81. The van der Waals surface area contributed by atoms with Crippen LogP contribution in [0, 0.1) is 0 Å². The molecule has 0 radical (unpaired) electrons. The normalized spacial score (nSPS) is 12.5. The maximum atomic E-state index is 12.6. The molecule has 1 heterocycles. The lowest BCUT2D eigenvalue weighted by molar-refractivity contribution is -0.137. The molecule has 21 heavy (non-hydrogen) atoms. The third kappa shape index (κ3) is 3.60. The van der Waals surface area contributed by atoms with E-state index in [1.54, 1.807) is 0 Å². The number of fused-ring (bicyclic) bond motifs is 1. The molecule has 0 fully saturated rings. The van der Waals surface area contributed by atoms with Crippen molar-refractivity contribution in [2.75, 3.05) is 18.9 Å². The standard InChI is InChI=1S/C12H12F5N3O/c13-10(14)6-21-4-3-20-9-2-1-7(12(15,16)17)5-8(9)19-11(20)18/h1-2,5,10H,3-4,6H2,(H2,18,19). The molecule has 0 spiro atoms. The summed E-state index contributed by atoms with van der Waals surface area (Å²) in [6.07, 6.45) is -7.04. The van der Waals surface area contributed by atoms with Crippen molar-refractivity contribution in [1.82, 2.24) is 9.55 Å². The van der Waals surface area contributed by atoms with E-state index in [9.17, 15) is 22.0 Å². The van der Waals surface area contributed by atoms with Gasteiger partial charge >= 0.3 is 6.18 Å². The van der Waals surface area contributed by atoms with Crippen LogP contribution in [0.15, 0.2) is 18.2 Å². The fourth-order valence-electron chi connectivity index (χ4n) is 1.89. The topological polar surface area (TPSA) is 53.1 Å². The first kappa shape index (κ1) is 15.5. The molecule has 0 saturated heterocycles. The van der Waals surface area contributed by atoms with Gasteiger partial charge in [-0.05, 0) is 18.2 Å². The molecule has 1 aromatic carbocycles. The van der Waals surface area contributed by atoms with Gasteiger partial charge in [0.2, 0.25) is 5.95 Å². The van der Waals surface area contributed by atoms with E-state index in [2.05, 4.69) is 4.98 Å². The Bertz CT molecular complexity index is 623. The van der Waals surface area contributed by atoms with Crippen molar-refractivity contribution in [2.45, 2.75) is 19.1 Å². The monoisotopic (exact) mass is 309 g/mol.